The number of pyridine rings is 1. The molecule has 1 aliphatic heterocycles. The van der Waals surface area contributed by atoms with Crippen molar-refractivity contribution >= 4 is 29.1 Å². The van der Waals surface area contributed by atoms with Crippen molar-refractivity contribution in [2.24, 2.45) is 0 Å². The number of anilines is 1. The minimum Gasteiger partial charge on any atom is -0.474 e. The zero-order valence-corrected chi connectivity index (χ0v) is 15.5. The molecule has 2 amide bonds. The zero-order valence-electron chi connectivity index (χ0n) is 14.7. The van der Waals surface area contributed by atoms with Gasteiger partial charge in [-0.15, -0.1) is 0 Å². The van der Waals surface area contributed by atoms with Gasteiger partial charge >= 0.3 is 0 Å². The standard InChI is InChI=1S/C20H20ClN3O3/c21-15-6-1-2-7-17(15)24-11-9-16(20(24)26)23-19(25)13-8-10-22-18(12-13)27-14-4-3-5-14/h1-2,6-8,10,12,14,16H,3-5,9,11H2,(H,23,25). The monoisotopic (exact) mass is 385 g/mol. The number of carbonyl (C=O) groups is 2. The van der Waals surface area contributed by atoms with Gasteiger partial charge in [0.05, 0.1) is 10.7 Å². The predicted octanol–water partition coefficient (Wildman–Crippen LogP) is 3.20. The maximum Gasteiger partial charge on any atom is 0.252 e. The molecule has 4 rings (SSSR count). The molecule has 1 saturated carbocycles. The molecular formula is C20H20ClN3O3. The molecule has 0 bridgehead atoms. The molecule has 1 aliphatic carbocycles. The highest BCUT2D eigenvalue weighted by Crippen LogP contribution is 2.29. The fourth-order valence-electron chi connectivity index (χ4n) is 3.24. The fourth-order valence-corrected chi connectivity index (χ4v) is 3.48. The van der Waals surface area contributed by atoms with Gasteiger partial charge in [0, 0.05) is 24.4 Å². The zero-order chi connectivity index (χ0) is 18.8. The van der Waals surface area contributed by atoms with Crippen LogP contribution in [0.15, 0.2) is 42.6 Å². The van der Waals surface area contributed by atoms with Gasteiger partial charge in [0.15, 0.2) is 0 Å². The summed E-state index contributed by atoms with van der Waals surface area (Å²) >= 11 is 6.19. The summed E-state index contributed by atoms with van der Waals surface area (Å²) in [5, 5.41) is 3.33. The van der Waals surface area contributed by atoms with Gasteiger partial charge in [-0.3, -0.25) is 9.59 Å². The molecule has 0 radical (unpaired) electrons. The lowest BCUT2D eigenvalue weighted by molar-refractivity contribution is -0.118. The third-order valence-electron chi connectivity index (χ3n) is 4.99. The molecule has 2 aliphatic rings. The van der Waals surface area contributed by atoms with Crippen LogP contribution < -0.4 is 15.0 Å². The molecule has 2 aromatic rings. The topological polar surface area (TPSA) is 71.5 Å². The molecule has 1 aromatic carbocycles. The smallest absolute Gasteiger partial charge is 0.252 e. The summed E-state index contributed by atoms with van der Waals surface area (Å²) in [4.78, 5) is 31.1. The van der Waals surface area contributed by atoms with E-state index < -0.39 is 6.04 Å². The maximum absolute atomic E-state index is 12.7. The number of ether oxygens (including phenoxy) is 1. The molecule has 6 nitrogen and oxygen atoms in total. The lowest BCUT2D eigenvalue weighted by Crippen LogP contribution is -2.41. The molecule has 1 aromatic heterocycles. The first kappa shape index (κ1) is 17.8. The van der Waals surface area contributed by atoms with Crippen LogP contribution >= 0.6 is 11.6 Å². The van der Waals surface area contributed by atoms with E-state index in [2.05, 4.69) is 10.3 Å². The number of carbonyl (C=O) groups excluding carboxylic acids is 2. The third-order valence-corrected chi connectivity index (χ3v) is 5.31. The van der Waals surface area contributed by atoms with Crippen LogP contribution in [0.4, 0.5) is 5.69 Å². The molecule has 27 heavy (non-hydrogen) atoms. The first-order chi connectivity index (χ1) is 13.1. The lowest BCUT2D eigenvalue weighted by Gasteiger charge is -2.25. The maximum atomic E-state index is 12.7. The van der Waals surface area contributed by atoms with E-state index in [9.17, 15) is 9.59 Å². The van der Waals surface area contributed by atoms with Crippen molar-refractivity contribution in [3.63, 3.8) is 0 Å². The van der Waals surface area contributed by atoms with Gasteiger partial charge in [-0.2, -0.15) is 0 Å². The first-order valence-electron chi connectivity index (χ1n) is 9.11. The Labute approximate surface area is 162 Å². The van der Waals surface area contributed by atoms with Crippen molar-refractivity contribution in [1.29, 1.82) is 0 Å². The van der Waals surface area contributed by atoms with Gasteiger partial charge < -0.3 is 15.0 Å². The minimum atomic E-state index is -0.571. The summed E-state index contributed by atoms with van der Waals surface area (Å²) in [6.45, 7) is 0.514. The number of hydrogen-bond acceptors (Lipinski definition) is 4. The van der Waals surface area contributed by atoms with E-state index in [1.807, 2.05) is 12.1 Å². The highest BCUT2D eigenvalue weighted by molar-refractivity contribution is 6.34. The van der Waals surface area contributed by atoms with E-state index in [0.29, 0.717) is 35.1 Å². The van der Waals surface area contributed by atoms with Crippen molar-refractivity contribution < 1.29 is 14.3 Å². The fraction of sp³-hybridized carbons (Fsp3) is 0.350. The molecule has 1 saturated heterocycles. The average Bonchev–Trinajstić information content (AvgIpc) is 2.99. The number of halogens is 1. The van der Waals surface area contributed by atoms with Crippen LogP contribution in [0.3, 0.4) is 0 Å². The van der Waals surface area contributed by atoms with Gasteiger partial charge in [-0.05, 0) is 43.9 Å². The number of para-hydroxylation sites is 1. The number of nitrogens with one attached hydrogen (secondary N) is 1. The summed E-state index contributed by atoms with van der Waals surface area (Å²) in [5.74, 6) is -0.0190. The van der Waals surface area contributed by atoms with Crippen LogP contribution in [0.2, 0.25) is 5.02 Å². The summed E-state index contributed by atoms with van der Waals surface area (Å²) in [6, 6.07) is 9.87. The van der Waals surface area contributed by atoms with Gasteiger partial charge in [-0.25, -0.2) is 4.98 Å². The van der Waals surface area contributed by atoms with E-state index >= 15 is 0 Å². The second kappa shape index (κ2) is 7.56. The van der Waals surface area contributed by atoms with Crippen LogP contribution in [0, 0.1) is 0 Å². The Morgan fingerprint density at radius 2 is 2.04 bits per heavy atom. The molecule has 1 N–H and O–H groups in total. The Hall–Kier alpha value is -2.60. The van der Waals surface area contributed by atoms with E-state index in [0.717, 1.165) is 19.3 Å². The van der Waals surface area contributed by atoms with Crippen LogP contribution in [-0.2, 0) is 4.79 Å². The Kier molecular flexibility index (Phi) is 4.99. The third kappa shape index (κ3) is 3.76. The second-order valence-electron chi connectivity index (χ2n) is 6.81. The van der Waals surface area contributed by atoms with Crippen LogP contribution in [0.25, 0.3) is 0 Å². The number of benzene rings is 1. The normalized spacial score (nSPS) is 19.7. The van der Waals surface area contributed by atoms with Gasteiger partial charge in [0.1, 0.15) is 12.1 Å². The minimum absolute atomic E-state index is 0.156. The largest absolute Gasteiger partial charge is 0.474 e. The SMILES string of the molecule is O=C(NC1CCN(c2ccccc2Cl)C1=O)c1ccnc(OC2CCC2)c1. The van der Waals surface area contributed by atoms with E-state index in [-0.39, 0.29) is 17.9 Å². The lowest BCUT2D eigenvalue weighted by atomic mass is 9.96. The van der Waals surface area contributed by atoms with E-state index in [1.54, 1.807) is 35.4 Å². The Bertz CT molecular complexity index is 869. The van der Waals surface area contributed by atoms with Crippen molar-refractivity contribution in [2.75, 3.05) is 11.4 Å². The molecule has 1 atom stereocenters. The first-order valence-corrected chi connectivity index (χ1v) is 9.49. The van der Waals surface area contributed by atoms with Gasteiger partial charge in [-0.1, -0.05) is 23.7 Å². The number of rotatable bonds is 5. The average molecular weight is 386 g/mol. The summed E-state index contributed by atoms with van der Waals surface area (Å²) in [6.07, 6.45) is 5.48. The van der Waals surface area contributed by atoms with Crippen molar-refractivity contribution in [3.8, 4) is 5.88 Å². The van der Waals surface area contributed by atoms with Crippen LogP contribution in [0.5, 0.6) is 5.88 Å². The number of hydrogen-bond donors (Lipinski definition) is 1. The highest BCUT2D eigenvalue weighted by Gasteiger charge is 2.34. The molecule has 2 fully saturated rings. The van der Waals surface area contributed by atoms with Gasteiger partial charge in [0.2, 0.25) is 11.8 Å². The molecular weight excluding hydrogens is 366 g/mol. The van der Waals surface area contributed by atoms with E-state index in [4.69, 9.17) is 16.3 Å². The Morgan fingerprint density at radius 1 is 1.22 bits per heavy atom. The van der Waals surface area contributed by atoms with Gasteiger partial charge in [0.25, 0.3) is 5.91 Å². The van der Waals surface area contributed by atoms with Crippen LogP contribution in [0.1, 0.15) is 36.0 Å². The predicted molar refractivity (Wildman–Crippen MR) is 102 cm³/mol. The summed E-state index contributed by atoms with van der Waals surface area (Å²) < 4.78 is 5.74. The summed E-state index contributed by atoms with van der Waals surface area (Å²) in [7, 11) is 0. The number of amides is 2. The molecule has 2 heterocycles. The molecule has 140 valence electrons. The molecule has 7 heteroatoms. The summed E-state index contributed by atoms with van der Waals surface area (Å²) in [5.41, 5.74) is 1.10. The van der Waals surface area contributed by atoms with Crippen molar-refractivity contribution in [1.82, 2.24) is 10.3 Å². The molecule has 1 unspecified atom stereocenters. The number of aromatic nitrogens is 1. The number of nitrogens with zero attached hydrogens (tertiary/aromatic N) is 2. The second-order valence-corrected chi connectivity index (χ2v) is 7.22. The molecule has 0 spiro atoms. The van der Waals surface area contributed by atoms with E-state index in [1.165, 1.54) is 0 Å². The Balaban J connectivity index is 1.42. The highest BCUT2D eigenvalue weighted by atomic mass is 35.5. The Morgan fingerprint density at radius 3 is 2.78 bits per heavy atom. The quantitative estimate of drug-likeness (QED) is 0.857. The van der Waals surface area contributed by atoms with Crippen molar-refractivity contribution in [3.05, 3.63) is 53.2 Å². The van der Waals surface area contributed by atoms with Crippen LogP contribution in [-0.4, -0.2) is 35.5 Å². The van der Waals surface area contributed by atoms with Crippen molar-refractivity contribution in [2.45, 2.75) is 37.8 Å².